The third kappa shape index (κ3) is 71.2. The Labute approximate surface area is 597 Å². The number of allylic oxidation sites excluding steroid dienone is 10. The molecule has 0 aromatic rings. The van der Waals surface area contributed by atoms with E-state index < -0.39 is 97.5 Å². The van der Waals surface area contributed by atoms with E-state index in [1.54, 1.807) is 0 Å². The fourth-order valence-electron chi connectivity index (χ4n) is 10.9. The van der Waals surface area contributed by atoms with Crippen molar-refractivity contribution >= 4 is 39.5 Å². The van der Waals surface area contributed by atoms with Crippen molar-refractivity contribution in [3.63, 3.8) is 0 Å². The van der Waals surface area contributed by atoms with Crippen LogP contribution in [0.25, 0.3) is 0 Å². The normalized spacial score (nSPS) is 14.2. The largest absolute Gasteiger partial charge is 0.472 e. The van der Waals surface area contributed by atoms with Crippen LogP contribution in [0.3, 0.4) is 0 Å². The summed E-state index contributed by atoms with van der Waals surface area (Å²) in [5, 5.41) is 10.6. The maximum atomic E-state index is 13.1. The second-order valence-electron chi connectivity index (χ2n) is 26.7. The topological polar surface area (TPSA) is 237 Å². The molecular weight excluding hydrogens is 1280 g/mol. The summed E-state index contributed by atoms with van der Waals surface area (Å²) in [4.78, 5) is 72.9. The number of esters is 4. The Morgan fingerprint density at radius 3 is 0.857 bits per heavy atom. The van der Waals surface area contributed by atoms with Gasteiger partial charge < -0.3 is 33.8 Å². The van der Waals surface area contributed by atoms with Gasteiger partial charge in [-0.2, -0.15) is 0 Å². The van der Waals surface area contributed by atoms with E-state index in [0.717, 1.165) is 148 Å². The van der Waals surface area contributed by atoms with Gasteiger partial charge in [-0.1, -0.05) is 288 Å². The Hall–Kier alpha value is -3.24. The molecule has 17 nitrogen and oxygen atoms in total. The number of ether oxygens (including phenoxy) is 4. The first-order chi connectivity index (χ1) is 47.7. The van der Waals surface area contributed by atoms with E-state index in [1.807, 2.05) is 0 Å². The van der Waals surface area contributed by atoms with Gasteiger partial charge in [0.25, 0.3) is 0 Å². The zero-order valence-corrected chi connectivity index (χ0v) is 64.3. The first-order valence-electron chi connectivity index (χ1n) is 39.5. The van der Waals surface area contributed by atoms with Crippen molar-refractivity contribution in [1.82, 2.24) is 0 Å². The summed E-state index contributed by atoms with van der Waals surface area (Å²) in [6, 6.07) is 0. The van der Waals surface area contributed by atoms with Crippen molar-refractivity contribution in [3.05, 3.63) is 60.8 Å². The molecule has 0 aliphatic heterocycles. The Bertz CT molecular complexity index is 2100. The fourth-order valence-corrected chi connectivity index (χ4v) is 12.5. The van der Waals surface area contributed by atoms with Gasteiger partial charge in [-0.15, -0.1) is 0 Å². The molecule has 19 heteroatoms. The fraction of sp³-hybridized carbons (Fsp3) is 0.823. The summed E-state index contributed by atoms with van der Waals surface area (Å²) < 4.78 is 68.5. The van der Waals surface area contributed by atoms with Crippen LogP contribution in [0.1, 0.15) is 362 Å². The lowest BCUT2D eigenvalue weighted by molar-refractivity contribution is -0.161. The highest BCUT2D eigenvalue weighted by atomic mass is 31.2. The van der Waals surface area contributed by atoms with Crippen LogP contribution in [0, 0.1) is 0 Å². The summed E-state index contributed by atoms with van der Waals surface area (Å²) in [6.07, 6.45) is 70.5. The summed E-state index contributed by atoms with van der Waals surface area (Å²) in [6.45, 7) is 4.84. The van der Waals surface area contributed by atoms with Crippen LogP contribution in [0.5, 0.6) is 0 Å². The van der Waals surface area contributed by atoms with Crippen LogP contribution in [-0.4, -0.2) is 96.7 Å². The molecule has 98 heavy (non-hydrogen) atoms. The first kappa shape index (κ1) is 94.8. The summed E-state index contributed by atoms with van der Waals surface area (Å²) in [5.74, 6) is -2.18. The van der Waals surface area contributed by atoms with Gasteiger partial charge in [0.15, 0.2) is 12.2 Å². The van der Waals surface area contributed by atoms with E-state index in [-0.39, 0.29) is 25.7 Å². The maximum absolute atomic E-state index is 13.1. The molecule has 0 aliphatic rings. The van der Waals surface area contributed by atoms with E-state index in [1.165, 1.54) is 135 Å². The maximum Gasteiger partial charge on any atom is 0.472 e. The molecule has 0 heterocycles. The molecule has 0 aliphatic carbocycles. The molecule has 572 valence electrons. The number of hydrogen-bond acceptors (Lipinski definition) is 15. The molecule has 0 rings (SSSR count). The third-order valence-corrected chi connectivity index (χ3v) is 18.9. The van der Waals surface area contributed by atoms with Gasteiger partial charge in [-0.05, 0) is 109 Å². The molecule has 0 fully saturated rings. The summed E-state index contributed by atoms with van der Waals surface area (Å²) >= 11 is 0. The van der Waals surface area contributed by atoms with Gasteiger partial charge in [-0.3, -0.25) is 37.3 Å². The number of hydrogen-bond donors (Lipinski definition) is 3. The highest BCUT2D eigenvalue weighted by molar-refractivity contribution is 7.47. The van der Waals surface area contributed by atoms with E-state index in [0.29, 0.717) is 25.7 Å². The lowest BCUT2D eigenvalue weighted by Crippen LogP contribution is -2.30. The molecule has 3 N–H and O–H groups in total. The van der Waals surface area contributed by atoms with Crippen molar-refractivity contribution in [3.8, 4) is 0 Å². The molecule has 0 saturated carbocycles. The van der Waals surface area contributed by atoms with Gasteiger partial charge in [-0.25, -0.2) is 9.13 Å². The van der Waals surface area contributed by atoms with Crippen LogP contribution in [0.15, 0.2) is 60.8 Å². The molecule has 5 atom stereocenters. The molecule has 0 spiro atoms. The predicted molar refractivity (Wildman–Crippen MR) is 400 cm³/mol. The lowest BCUT2D eigenvalue weighted by atomic mass is 10.0. The number of unbranched alkanes of at least 4 members (excludes halogenated alkanes) is 40. The quantitative estimate of drug-likeness (QED) is 0.0128. The minimum atomic E-state index is -4.98. The molecule has 0 amide bonds. The average Bonchev–Trinajstić information content (AvgIpc) is 1.04. The van der Waals surface area contributed by atoms with E-state index in [4.69, 9.17) is 37.0 Å². The zero-order chi connectivity index (χ0) is 71.8. The van der Waals surface area contributed by atoms with Crippen LogP contribution in [0.4, 0.5) is 0 Å². The minimum Gasteiger partial charge on any atom is -0.462 e. The van der Waals surface area contributed by atoms with Gasteiger partial charge in [0.2, 0.25) is 0 Å². The van der Waals surface area contributed by atoms with Crippen molar-refractivity contribution in [2.75, 3.05) is 39.6 Å². The van der Waals surface area contributed by atoms with Crippen LogP contribution < -0.4 is 0 Å². The van der Waals surface area contributed by atoms with Gasteiger partial charge in [0, 0.05) is 25.7 Å². The third-order valence-electron chi connectivity index (χ3n) is 17.0. The minimum absolute atomic E-state index is 0.0777. The van der Waals surface area contributed by atoms with Crippen molar-refractivity contribution in [2.45, 2.75) is 380 Å². The van der Waals surface area contributed by atoms with Gasteiger partial charge in [0.05, 0.1) is 26.4 Å². The number of aliphatic hydroxyl groups is 1. The number of rotatable bonds is 75. The molecular formula is C79H144O17P2. The molecule has 2 unspecified atom stereocenters. The number of phosphoric acid groups is 2. The van der Waals surface area contributed by atoms with Gasteiger partial charge >= 0.3 is 39.5 Å². The van der Waals surface area contributed by atoms with E-state index in [2.05, 4.69) is 88.5 Å². The highest BCUT2D eigenvalue weighted by Gasteiger charge is 2.30. The molecule has 0 radical (unpaired) electrons. The Morgan fingerprint density at radius 2 is 0.531 bits per heavy atom. The highest BCUT2D eigenvalue weighted by Crippen LogP contribution is 2.45. The SMILES string of the molecule is CCCCC/C=C\C/C=C\CCCCCCCC(=O)OC[C@H](COP(=O)(O)OC[C@H](O)COP(=O)(O)OC[C@@H](COC(=O)CCCCCCC/C=C\CCCCCCCC)OC(=O)CCCCCCCCCCCCCCC)OC(=O)CCCCCCC/C=C\C=C/CCCCCC. The zero-order valence-electron chi connectivity index (χ0n) is 62.5. The van der Waals surface area contributed by atoms with Crippen molar-refractivity contribution < 1.29 is 80.2 Å². The predicted octanol–water partition coefficient (Wildman–Crippen LogP) is 22.7. The Balaban J connectivity index is 5.34. The number of aliphatic hydroxyl groups excluding tert-OH is 1. The lowest BCUT2D eigenvalue weighted by Gasteiger charge is -2.21. The monoisotopic (exact) mass is 1430 g/mol. The molecule has 0 bridgehead atoms. The number of carbonyl (C=O) groups excluding carboxylic acids is 4. The van der Waals surface area contributed by atoms with Crippen LogP contribution in [0.2, 0.25) is 0 Å². The van der Waals surface area contributed by atoms with Crippen LogP contribution >= 0.6 is 15.6 Å². The van der Waals surface area contributed by atoms with Crippen molar-refractivity contribution in [2.24, 2.45) is 0 Å². The van der Waals surface area contributed by atoms with E-state index in [9.17, 15) is 43.2 Å². The first-order valence-corrected chi connectivity index (χ1v) is 42.5. The van der Waals surface area contributed by atoms with Gasteiger partial charge in [0.1, 0.15) is 19.3 Å². The Morgan fingerprint density at radius 1 is 0.296 bits per heavy atom. The molecule has 0 aromatic heterocycles. The van der Waals surface area contributed by atoms with Crippen LogP contribution in [-0.2, 0) is 65.4 Å². The molecule has 0 aromatic carbocycles. The van der Waals surface area contributed by atoms with Crippen molar-refractivity contribution in [1.29, 1.82) is 0 Å². The standard InChI is InChI=1S/C79H144O17P2/c1-5-9-13-17-21-25-29-33-36-40-43-47-51-55-59-63-76(81)89-69-74(95-78(83)65-61-57-53-49-45-39-32-28-24-20-16-12-8-4)71-93-97(85,86)91-67-73(80)68-92-98(87,88)94-72-75(96-79(84)66-62-58-54-50-46-42-38-35-31-27-23-19-15-11-7-3)70-90-77(82)64-60-56-52-48-44-41-37-34-30-26-22-18-14-10-6-2/h22,26-27,31,33-38,73-75,80H,5-21,23-25,28-30,32,39-72H2,1-4H3,(H,85,86)(H,87,88)/b26-22-,31-27-,36-33-,37-34-,38-35-/t73-,74-,75-/m1/s1. The average molecular weight is 1430 g/mol. The number of phosphoric ester groups is 2. The molecule has 0 saturated heterocycles. The number of carbonyl (C=O) groups is 4. The van der Waals surface area contributed by atoms with E-state index >= 15 is 0 Å². The second-order valence-corrected chi connectivity index (χ2v) is 29.6. The summed E-state index contributed by atoms with van der Waals surface area (Å²) in [7, 11) is -9.94. The summed E-state index contributed by atoms with van der Waals surface area (Å²) in [5.41, 5.74) is 0. The Kier molecular flexibility index (Phi) is 69.7. The smallest absolute Gasteiger partial charge is 0.462 e. The second kappa shape index (κ2) is 72.1.